The third-order valence-corrected chi connectivity index (χ3v) is 2.14. The smallest absolute Gasteiger partial charge is 0.143 e. The van der Waals surface area contributed by atoms with Gasteiger partial charge in [0.25, 0.3) is 0 Å². The van der Waals surface area contributed by atoms with Gasteiger partial charge in [0.15, 0.2) is 0 Å². The molecule has 0 amide bonds. The van der Waals surface area contributed by atoms with Gasteiger partial charge in [0.1, 0.15) is 16.6 Å². The molecule has 0 radical (unpaired) electrons. The first-order valence-corrected chi connectivity index (χ1v) is 4.18. The molecule has 0 saturated heterocycles. The van der Waals surface area contributed by atoms with Crippen molar-refractivity contribution in [1.29, 1.82) is 0 Å². The lowest BCUT2D eigenvalue weighted by molar-refractivity contribution is 0.340. The summed E-state index contributed by atoms with van der Waals surface area (Å²) in [5.41, 5.74) is 0. The minimum absolute atomic E-state index is 0.0948. The van der Waals surface area contributed by atoms with Gasteiger partial charge in [-0.1, -0.05) is 23.2 Å². The van der Waals surface area contributed by atoms with Crippen LogP contribution < -0.4 is 4.74 Å². The molecule has 0 bridgehead atoms. The van der Waals surface area contributed by atoms with Crippen LogP contribution in [-0.4, -0.2) is 6.61 Å². The number of rotatable bonds is 2. The predicted octanol–water partition coefficient (Wildman–Crippen LogP) is 3.53. The van der Waals surface area contributed by atoms with Crippen molar-refractivity contribution in [2.24, 2.45) is 0 Å². The Hall–Kier alpha value is -0.470. The van der Waals surface area contributed by atoms with Crippen LogP contribution in [0.25, 0.3) is 0 Å². The molecule has 0 fully saturated rings. The number of hydrogen-bond acceptors (Lipinski definition) is 1. The Kier molecular flexibility index (Phi) is 3.18. The predicted molar refractivity (Wildman–Crippen MR) is 47.6 cm³/mol. The molecule has 1 aromatic rings. The van der Waals surface area contributed by atoms with E-state index in [-0.39, 0.29) is 10.0 Å². The Labute approximate surface area is 80.0 Å². The average molecular weight is 209 g/mol. The highest BCUT2D eigenvalue weighted by Gasteiger charge is 2.09. The van der Waals surface area contributed by atoms with E-state index < -0.39 is 5.82 Å². The first-order chi connectivity index (χ1) is 5.66. The van der Waals surface area contributed by atoms with E-state index in [2.05, 4.69) is 0 Å². The van der Waals surface area contributed by atoms with Gasteiger partial charge in [-0.15, -0.1) is 0 Å². The van der Waals surface area contributed by atoms with Crippen LogP contribution in [-0.2, 0) is 0 Å². The number of hydrogen-bond donors (Lipinski definition) is 0. The topological polar surface area (TPSA) is 9.23 Å². The van der Waals surface area contributed by atoms with E-state index in [9.17, 15) is 4.39 Å². The molecule has 12 heavy (non-hydrogen) atoms. The van der Waals surface area contributed by atoms with E-state index in [1.165, 1.54) is 12.1 Å². The summed E-state index contributed by atoms with van der Waals surface area (Å²) in [5, 5.41) is 0.0288. The minimum Gasteiger partial charge on any atom is -0.492 e. The van der Waals surface area contributed by atoms with E-state index in [1.807, 2.05) is 6.92 Å². The lowest BCUT2D eigenvalue weighted by atomic mass is 10.3. The van der Waals surface area contributed by atoms with Crippen molar-refractivity contribution in [3.63, 3.8) is 0 Å². The van der Waals surface area contributed by atoms with Gasteiger partial charge < -0.3 is 4.74 Å². The summed E-state index contributed by atoms with van der Waals surface area (Å²) in [4.78, 5) is 0. The van der Waals surface area contributed by atoms with Crippen LogP contribution in [0.4, 0.5) is 4.39 Å². The van der Waals surface area contributed by atoms with Gasteiger partial charge in [-0.2, -0.15) is 0 Å². The van der Waals surface area contributed by atoms with Gasteiger partial charge in [0, 0.05) is 0 Å². The van der Waals surface area contributed by atoms with Crippen molar-refractivity contribution < 1.29 is 9.13 Å². The van der Waals surface area contributed by atoms with Crippen LogP contribution in [0.2, 0.25) is 10.0 Å². The second kappa shape index (κ2) is 3.97. The van der Waals surface area contributed by atoms with Gasteiger partial charge >= 0.3 is 0 Å². The van der Waals surface area contributed by atoms with Gasteiger partial charge in [0.2, 0.25) is 0 Å². The van der Waals surface area contributed by atoms with Crippen LogP contribution in [0.1, 0.15) is 6.92 Å². The molecule has 66 valence electrons. The molecular weight excluding hydrogens is 202 g/mol. The van der Waals surface area contributed by atoms with Crippen molar-refractivity contribution in [2.45, 2.75) is 6.92 Å². The largest absolute Gasteiger partial charge is 0.492 e. The summed E-state index contributed by atoms with van der Waals surface area (Å²) in [7, 11) is 0. The van der Waals surface area contributed by atoms with E-state index in [0.29, 0.717) is 12.4 Å². The molecule has 0 atom stereocenters. The lowest BCUT2D eigenvalue weighted by Crippen LogP contribution is -1.93. The first-order valence-electron chi connectivity index (χ1n) is 3.43. The molecule has 1 rings (SSSR count). The maximum absolute atomic E-state index is 12.7. The van der Waals surface area contributed by atoms with E-state index in [4.69, 9.17) is 27.9 Å². The molecule has 0 aliphatic rings. The third-order valence-electron chi connectivity index (χ3n) is 1.30. The normalized spacial score (nSPS) is 10.0. The average Bonchev–Trinajstić information content (AvgIpc) is 2.07. The zero-order valence-electron chi connectivity index (χ0n) is 6.40. The molecule has 0 N–H and O–H groups in total. The fourth-order valence-electron chi connectivity index (χ4n) is 0.775. The van der Waals surface area contributed by atoms with Crippen LogP contribution in [0.5, 0.6) is 5.75 Å². The Morgan fingerprint density at radius 1 is 1.33 bits per heavy atom. The van der Waals surface area contributed by atoms with E-state index in [1.54, 1.807) is 0 Å². The van der Waals surface area contributed by atoms with Gasteiger partial charge in [-0.25, -0.2) is 4.39 Å². The summed E-state index contributed by atoms with van der Waals surface area (Å²) in [6, 6.07) is 2.67. The van der Waals surface area contributed by atoms with Crippen LogP contribution in [0.3, 0.4) is 0 Å². The number of benzene rings is 1. The molecule has 0 aliphatic heterocycles. The van der Waals surface area contributed by atoms with Crippen molar-refractivity contribution in [2.75, 3.05) is 6.61 Å². The van der Waals surface area contributed by atoms with Gasteiger partial charge in [-0.05, 0) is 19.1 Å². The summed E-state index contributed by atoms with van der Waals surface area (Å²) in [5.74, 6) is -0.129. The molecule has 0 heterocycles. The molecule has 0 aliphatic carbocycles. The molecule has 0 aromatic heterocycles. The zero-order chi connectivity index (χ0) is 9.14. The van der Waals surface area contributed by atoms with Gasteiger partial charge in [0.05, 0.1) is 11.6 Å². The second-order valence-corrected chi connectivity index (χ2v) is 2.86. The fourth-order valence-corrected chi connectivity index (χ4v) is 1.14. The Bertz CT molecular complexity index is 289. The van der Waals surface area contributed by atoms with Crippen molar-refractivity contribution in [3.8, 4) is 5.75 Å². The van der Waals surface area contributed by atoms with Crippen molar-refractivity contribution in [1.82, 2.24) is 0 Å². The zero-order valence-corrected chi connectivity index (χ0v) is 7.92. The summed E-state index contributed by atoms with van der Waals surface area (Å²) in [6.45, 7) is 2.29. The second-order valence-electron chi connectivity index (χ2n) is 2.11. The number of halogens is 3. The molecule has 0 saturated carbocycles. The molecule has 0 spiro atoms. The maximum Gasteiger partial charge on any atom is 0.143 e. The summed E-state index contributed by atoms with van der Waals surface area (Å²) in [6.07, 6.45) is 0. The molecule has 1 aromatic carbocycles. The highest BCUT2D eigenvalue weighted by Crippen LogP contribution is 2.33. The van der Waals surface area contributed by atoms with Crippen LogP contribution in [0.15, 0.2) is 12.1 Å². The van der Waals surface area contributed by atoms with Crippen LogP contribution in [0, 0.1) is 5.82 Å². The Morgan fingerprint density at radius 2 is 2.00 bits per heavy atom. The quantitative estimate of drug-likeness (QED) is 0.677. The SMILES string of the molecule is CCOc1ccc(F)c(Cl)c1Cl. The highest BCUT2D eigenvalue weighted by molar-refractivity contribution is 6.43. The molecule has 1 nitrogen and oxygen atoms in total. The Balaban J connectivity index is 3.08. The Morgan fingerprint density at radius 3 is 2.58 bits per heavy atom. The van der Waals surface area contributed by atoms with Crippen molar-refractivity contribution in [3.05, 3.63) is 28.0 Å². The highest BCUT2D eigenvalue weighted by atomic mass is 35.5. The maximum atomic E-state index is 12.7. The molecule has 0 unspecified atom stereocenters. The number of ether oxygens (including phenoxy) is 1. The summed E-state index contributed by atoms with van der Waals surface area (Å²) < 4.78 is 17.8. The molecule has 4 heteroatoms. The fraction of sp³-hybridized carbons (Fsp3) is 0.250. The minimum atomic E-state index is -0.537. The van der Waals surface area contributed by atoms with E-state index in [0.717, 1.165) is 0 Å². The van der Waals surface area contributed by atoms with Crippen molar-refractivity contribution >= 4 is 23.2 Å². The standard InChI is InChI=1S/C8H7Cl2FO/c1-2-12-6-4-3-5(11)7(9)8(6)10/h3-4H,2H2,1H3. The first kappa shape index (κ1) is 9.62. The summed E-state index contributed by atoms with van der Waals surface area (Å²) >= 11 is 11.2. The van der Waals surface area contributed by atoms with E-state index >= 15 is 0 Å². The monoisotopic (exact) mass is 208 g/mol. The third kappa shape index (κ3) is 1.82. The molecular formula is C8H7Cl2FO. The van der Waals surface area contributed by atoms with Crippen LogP contribution >= 0.6 is 23.2 Å². The van der Waals surface area contributed by atoms with Gasteiger partial charge in [-0.3, -0.25) is 0 Å². The lowest BCUT2D eigenvalue weighted by Gasteiger charge is -2.06.